The average Bonchev–Trinajstić information content (AvgIpc) is 2.38. The Labute approximate surface area is 113 Å². The Kier molecular flexibility index (Phi) is 5.12. The number of alkyl halides is 3. The predicted molar refractivity (Wildman–Crippen MR) is 64.9 cm³/mol. The minimum Gasteiger partial charge on any atom is -0.481 e. The van der Waals surface area contributed by atoms with Gasteiger partial charge in [-0.05, 0) is 12.5 Å². The molecule has 1 rings (SSSR count). The van der Waals surface area contributed by atoms with Crippen molar-refractivity contribution >= 4 is 11.9 Å². The highest BCUT2D eigenvalue weighted by molar-refractivity contribution is 5.82. The fraction of sp³-hybridized carbons (Fsp3) is 0.385. The summed E-state index contributed by atoms with van der Waals surface area (Å²) in [5.74, 6) is -3.29. The molecule has 0 fully saturated rings. The summed E-state index contributed by atoms with van der Waals surface area (Å²) in [6, 6.07) is 7.29. The molecule has 0 spiro atoms. The van der Waals surface area contributed by atoms with E-state index in [1.165, 1.54) is 6.92 Å². The van der Waals surface area contributed by atoms with Gasteiger partial charge in [0.15, 0.2) is 0 Å². The molecule has 0 radical (unpaired) electrons. The predicted octanol–water partition coefficient (Wildman–Crippen LogP) is 2.61. The van der Waals surface area contributed by atoms with Crippen LogP contribution in [0.1, 0.15) is 24.9 Å². The van der Waals surface area contributed by atoms with Gasteiger partial charge >= 0.3 is 18.1 Å². The highest BCUT2D eigenvalue weighted by atomic mass is 19.4. The number of amides is 1. The lowest BCUT2D eigenvalue weighted by atomic mass is 10.1. The molecule has 1 aromatic rings. The van der Waals surface area contributed by atoms with Crippen LogP contribution in [-0.2, 0) is 9.59 Å². The van der Waals surface area contributed by atoms with Gasteiger partial charge in [0.2, 0.25) is 0 Å². The summed E-state index contributed by atoms with van der Waals surface area (Å²) in [4.78, 5) is 22.4. The highest BCUT2D eigenvalue weighted by Crippen LogP contribution is 2.26. The molecule has 7 heteroatoms. The summed E-state index contributed by atoms with van der Waals surface area (Å²) >= 11 is 0. The van der Waals surface area contributed by atoms with Crippen LogP contribution in [0.3, 0.4) is 0 Å². The average molecular weight is 289 g/mol. The minimum atomic E-state index is -5.03. The molecule has 0 aromatic heterocycles. The number of carbonyl (C=O) groups excluding carboxylic acids is 1. The number of benzene rings is 1. The van der Waals surface area contributed by atoms with E-state index >= 15 is 0 Å². The van der Waals surface area contributed by atoms with Crippen molar-refractivity contribution in [3.05, 3.63) is 35.9 Å². The van der Waals surface area contributed by atoms with Gasteiger partial charge in [-0.25, -0.2) is 0 Å². The van der Waals surface area contributed by atoms with Crippen molar-refractivity contribution in [2.75, 3.05) is 6.54 Å². The number of carboxylic acid groups (broad SMARTS) is 1. The molecule has 1 N–H and O–H groups in total. The van der Waals surface area contributed by atoms with Crippen molar-refractivity contribution < 1.29 is 27.9 Å². The maximum absolute atomic E-state index is 12.6. The van der Waals surface area contributed by atoms with Crippen LogP contribution in [0.5, 0.6) is 0 Å². The van der Waals surface area contributed by atoms with Crippen molar-refractivity contribution in [2.24, 2.45) is 0 Å². The fourth-order valence-corrected chi connectivity index (χ4v) is 1.76. The van der Waals surface area contributed by atoms with Crippen LogP contribution in [0, 0.1) is 0 Å². The molecular formula is C13H14F3NO3. The Morgan fingerprint density at radius 2 is 1.80 bits per heavy atom. The van der Waals surface area contributed by atoms with E-state index in [9.17, 15) is 22.8 Å². The Balaban J connectivity index is 2.98. The number of carbonyl (C=O) groups is 2. The largest absolute Gasteiger partial charge is 0.481 e. The molecule has 20 heavy (non-hydrogen) atoms. The first-order chi connectivity index (χ1) is 9.23. The Morgan fingerprint density at radius 3 is 2.25 bits per heavy atom. The number of hydrogen-bond donors (Lipinski definition) is 1. The van der Waals surface area contributed by atoms with Crippen LogP contribution in [0.15, 0.2) is 30.3 Å². The molecule has 4 nitrogen and oxygen atoms in total. The minimum absolute atomic E-state index is 0.496. The van der Waals surface area contributed by atoms with E-state index in [-0.39, 0.29) is 0 Å². The molecule has 1 unspecified atom stereocenters. The Hall–Kier alpha value is -2.05. The maximum atomic E-state index is 12.6. The van der Waals surface area contributed by atoms with Crippen LogP contribution in [0.4, 0.5) is 13.2 Å². The van der Waals surface area contributed by atoms with Crippen molar-refractivity contribution in [1.29, 1.82) is 0 Å². The van der Waals surface area contributed by atoms with E-state index in [0.717, 1.165) is 0 Å². The lowest BCUT2D eigenvalue weighted by Gasteiger charge is -2.29. The van der Waals surface area contributed by atoms with Gasteiger partial charge < -0.3 is 10.0 Å². The maximum Gasteiger partial charge on any atom is 0.471 e. The lowest BCUT2D eigenvalue weighted by molar-refractivity contribution is -0.188. The second kappa shape index (κ2) is 6.40. The normalized spacial score (nSPS) is 12.8. The monoisotopic (exact) mass is 289 g/mol. The first kappa shape index (κ1) is 16.0. The van der Waals surface area contributed by atoms with Gasteiger partial charge in [0.1, 0.15) is 0 Å². The summed E-state index contributed by atoms with van der Waals surface area (Å²) in [6.07, 6.45) is -5.57. The van der Waals surface area contributed by atoms with E-state index in [1.54, 1.807) is 30.3 Å². The fourth-order valence-electron chi connectivity index (χ4n) is 1.76. The van der Waals surface area contributed by atoms with Crippen molar-refractivity contribution in [3.8, 4) is 0 Å². The summed E-state index contributed by atoms with van der Waals surface area (Å²) in [6.45, 7) is 0.935. The van der Waals surface area contributed by atoms with Crippen LogP contribution >= 0.6 is 0 Å². The first-order valence-electron chi connectivity index (χ1n) is 5.88. The molecule has 0 saturated carbocycles. The topological polar surface area (TPSA) is 57.6 Å². The van der Waals surface area contributed by atoms with Crippen LogP contribution in [0.25, 0.3) is 0 Å². The second-order valence-corrected chi connectivity index (χ2v) is 4.23. The first-order valence-corrected chi connectivity index (χ1v) is 5.88. The smallest absolute Gasteiger partial charge is 0.471 e. The van der Waals surface area contributed by atoms with Gasteiger partial charge in [-0.2, -0.15) is 13.2 Å². The molecule has 0 aliphatic rings. The summed E-state index contributed by atoms with van der Waals surface area (Å²) in [5, 5.41) is 8.58. The highest BCUT2D eigenvalue weighted by Gasteiger charge is 2.44. The van der Waals surface area contributed by atoms with Gasteiger partial charge in [0.25, 0.3) is 0 Å². The molecule has 110 valence electrons. The second-order valence-electron chi connectivity index (χ2n) is 4.23. The summed E-state index contributed by atoms with van der Waals surface area (Å²) in [5.41, 5.74) is 0.510. The van der Waals surface area contributed by atoms with Crippen LogP contribution in [0.2, 0.25) is 0 Å². The van der Waals surface area contributed by atoms with Crippen molar-refractivity contribution in [3.63, 3.8) is 0 Å². The molecule has 1 aromatic carbocycles. The van der Waals surface area contributed by atoms with Gasteiger partial charge in [0.05, 0.1) is 12.5 Å². The quantitative estimate of drug-likeness (QED) is 0.906. The SMILES string of the molecule is CC(c1ccccc1)N(CCC(=O)O)C(=O)C(F)(F)F. The van der Waals surface area contributed by atoms with Gasteiger partial charge in [-0.15, -0.1) is 0 Å². The number of rotatable bonds is 5. The molecule has 0 bridgehead atoms. The third-order valence-corrected chi connectivity index (χ3v) is 2.82. The van der Waals surface area contributed by atoms with Gasteiger partial charge in [-0.3, -0.25) is 9.59 Å². The zero-order valence-electron chi connectivity index (χ0n) is 10.7. The van der Waals surface area contributed by atoms with E-state index in [4.69, 9.17) is 5.11 Å². The third-order valence-electron chi connectivity index (χ3n) is 2.82. The molecule has 1 amide bonds. The standard InChI is InChI=1S/C13H14F3NO3/c1-9(10-5-3-2-4-6-10)17(8-7-11(18)19)12(20)13(14,15)16/h2-6,9H,7-8H2,1H3,(H,18,19). The molecular weight excluding hydrogens is 275 g/mol. The zero-order chi connectivity index (χ0) is 15.3. The molecule has 1 atom stereocenters. The number of carboxylic acids is 1. The number of hydrogen-bond acceptors (Lipinski definition) is 2. The van der Waals surface area contributed by atoms with E-state index in [2.05, 4.69) is 0 Å². The van der Waals surface area contributed by atoms with E-state index in [0.29, 0.717) is 10.5 Å². The molecule has 0 aliphatic heterocycles. The van der Waals surface area contributed by atoms with Crippen LogP contribution in [-0.4, -0.2) is 34.6 Å². The summed E-state index contributed by atoms with van der Waals surface area (Å²) in [7, 11) is 0. The van der Waals surface area contributed by atoms with Crippen LogP contribution < -0.4 is 0 Å². The molecule has 0 heterocycles. The van der Waals surface area contributed by atoms with Crippen molar-refractivity contribution in [1.82, 2.24) is 4.90 Å². The summed E-state index contributed by atoms with van der Waals surface area (Å²) < 4.78 is 37.7. The molecule has 0 aliphatic carbocycles. The van der Waals surface area contributed by atoms with Gasteiger partial charge in [0, 0.05) is 6.54 Å². The number of nitrogens with zero attached hydrogens (tertiary/aromatic N) is 1. The number of aliphatic carboxylic acids is 1. The third kappa shape index (κ3) is 4.25. The lowest BCUT2D eigenvalue weighted by Crippen LogP contribution is -2.43. The number of halogens is 3. The Morgan fingerprint density at radius 1 is 1.25 bits per heavy atom. The van der Waals surface area contributed by atoms with Gasteiger partial charge in [-0.1, -0.05) is 30.3 Å². The van der Waals surface area contributed by atoms with E-state index < -0.39 is 37.1 Å². The zero-order valence-corrected chi connectivity index (χ0v) is 10.7. The molecule has 0 saturated heterocycles. The van der Waals surface area contributed by atoms with Crippen molar-refractivity contribution in [2.45, 2.75) is 25.6 Å². The van der Waals surface area contributed by atoms with E-state index in [1.807, 2.05) is 0 Å². The Bertz CT molecular complexity index is 473.